The van der Waals surface area contributed by atoms with Gasteiger partial charge in [0.2, 0.25) is 0 Å². The molecule has 1 N–H and O–H groups in total. The lowest BCUT2D eigenvalue weighted by Gasteiger charge is -2.08. The Morgan fingerprint density at radius 1 is 1.29 bits per heavy atom. The summed E-state index contributed by atoms with van der Waals surface area (Å²) in [6.45, 7) is 2.19. The van der Waals surface area contributed by atoms with E-state index in [1.54, 1.807) is 29.6 Å². The van der Waals surface area contributed by atoms with Crippen molar-refractivity contribution in [2.24, 2.45) is 0 Å². The number of nitrogens with one attached hydrogen (secondary N) is 1. The largest absolute Gasteiger partial charge is 0.494 e. The number of carbonyl (C=O) groups excluding carboxylic acids is 1. The van der Waals surface area contributed by atoms with Crippen molar-refractivity contribution in [2.75, 3.05) is 6.61 Å². The molecule has 1 amide bonds. The van der Waals surface area contributed by atoms with Crippen molar-refractivity contribution in [3.63, 3.8) is 0 Å². The van der Waals surface area contributed by atoms with Crippen LogP contribution in [0, 0.1) is 0 Å². The number of amides is 1. The monoisotopic (exact) mass is 247 g/mol. The van der Waals surface area contributed by atoms with Crippen LogP contribution in [0.2, 0.25) is 0 Å². The van der Waals surface area contributed by atoms with Crippen LogP contribution in [-0.2, 0) is 11.3 Å². The predicted molar refractivity (Wildman–Crippen MR) is 55.5 cm³/mol. The number of ether oxygens (including phenoxy) is 1. The maximum atomic E-state index is 11.9. The fourth-order valence-corrected chi connectivity index (χ4v) is 1.15. The molecule has 1 aromatic carbocycles. The highest BCUT2D eigenvalue weighted by molar-refractivity contribution is 5.81. The lowest BCUT2D eigenvalue weighted by molar-refractivity contribution is -0.173. The lowest BCUT2D eigenvalue weighted by Crippen LogP contribution is -2.36. The average molecular weight is 247 g/mol. The molecule has 0 aliphatic heterocycles. The molecule has 6 heteroatoms. The van der Waals surface area contributed by atoms with Crippen molar-refractivity contribution in [3.05, 3.63) is 29.8 Å². The molecule has 0 spiro atoms. The second kappa shape index (κ2) is 5.56. The van der Waals surface area contributed by atoms with Gasteiger partial charge in [-0.15, -0.1) is 0 Å². The van der Waals surface area contributed by atoms with E-state index in [-0.39, 0.29) is 6.54 Å². The van der Waals surface area contributed by atoms with Crippen LogP contribution < -0.4 is 10.1 Å². The summed E-state index contributed by atoms with van der Waals surface area (Å²) in [5.74, 6) is -1.30. The van der Waals surface area contributed by atoms with Gasteiger partial charge in [0.1, 0.15) is 5.75 Å². The highest BCUT2D eigenvalue weighted by Gasteiger charge is 2.38. The Morgan fingerprint density at radius 2 is 1.88 bits per heavy atom. The molecule has 1 aromatic rings. The van der Waals surface area contributed by atoms with Gasteiger partial charge in [0.05, 0.1) is 6.61 Å². The Kier molecular flexibility index (Phi) is 4.37. The maximum Gasteiger partial charge on any atom is 0.471 e. The standard InChI is InChI=1S/C11H12F3NO2/c1-2-17-9-5-3-8(4-6-9)7-15-10(16)11(12,13)14/h3-6H,2,7H2,1H3,(H,15,16). The minimum absolute atomic E-state index is 0.162. The van der Waals surface area contributed by atoms with Gasteiger partial charge >= 0.3 is 12.1 Å². The first kappa shape index (κ1) is 13.3. The Morgan fingerprint density at radius 3 is 2.35 bits per heavy atom. The third-order valence-corrected chi connectivity index (χ3v) is 1.94. The fraction of sp³-hybridized carbons (Fsp3) is 0.364. The molecule has 0 saturated heterocycles. The minimum atomic E-state index is -4.84. The zero-order valence-corrected chi connectivity index (χ0v) is 9.17. The number of hydrogen-bond donors (Lipinski definition) is 1. The number of carbonyl (C=O) groups is 1. The normalized spacial score (nSPS) is 11.1. The van der Waals surface area contributed by atoms with Crippen LogP contribution in [0.25, 0.3) is 0 Å². The van der Waals surface area contributed by atoms with Gasteiger partial charge in [0, 0.05) is 6.54 Å². The molecule has 0 fully saturated rings. The average Bonchev–Trinajstić information content (AvgIpc) is 2.27. The Balaban J connectivity index is 2.50. The van der Waals surface area contributed by atoms with Crippen LogP contribution in [-0.4, -0.2) is 18.7 Å². The molecule has 0 bridgehead atoms. The molecule has 0 aliphatic rings. The summed E-state index contributed by atoms with van der Waals surface area (Å²) in [6, 6.07) is 6.47. The lowest BCUT2D eigenvalue weighted by atomic mass is 10.2. The van der Waals surface area contributed by atoms with Crippen LogP contribution in [0.15, 0.2) is 24.3 Å². The van der Waals surface area contributed by atoms with E-state index in [0.29, 0.717) is 17.9 Å². The predicted octanol–water partition coefficient (Wildman–Crippen LogP) is 2.26. The number of rotatable bonds is 4. The molecule has 0 aliphatic carbocycles. The Hall–Kier alpha value is -1.72. The highest BCUT2D eigenvalue weighted by atomic mass is 19.4. The summed E-state index contributed by atoms with van der Waals surface area (Å²) in [5, 5.41) is 1.79. The van der Waals surface area contributed by atoms with Gasteiger partial charge in [-0.1, -0.05) is 12.1 Å². The number of hydrogen-bond acceptors (Lipinski definition) is 2. The first-order valence-corrected chi connectivity index (χ1v) is 5.00. The fourth-order valence-electron chi connectivity index (χ4n) is 1.15. The molecule has 3 nitrogen and oxygen atoms in total. The smallest absolute Gasteiger partial charge is 0.471 e. The molecule has 0 aromatic heterocycles. The van der Waals surface area contributed by atoms with Gasteiger partial charge in [-0.2, -0.15) is 13.2 Å². The topological polar surface area (TPSA) is 38.3 Å². The Bertz CT molecular complexity index is 373. The van der Waals surface area contributed by atoms with Crippen LogP contribution in [0.4, 0.5) is 13.2 Å². The second-order valence-electron chi connectivity index (χ2n) is 3.26. The third kappa shape index (κ3) is 4.34. The number of benzene rings is 1. The van der Waals surface area contributed by atoms with Crippen molar-refractivity contribution in [3.8, 4) is 5.75 Å². The molecule has 0 unspecified atom stereocenters. The van der Waals surface area contributed by atoms with Gasteiger partial charge in [-0.05, 0) is 24.6 Å². The number of alkyl halides is 3. The summed E-state index contributed by atoms with van der Waals surface area (Å²) in [4.78, 5) is 10.5. The van der Waals surface area contributed by atoms with E-state index in [4.69, 9.17) is 4.74 Å². The molecule has 94 valence electrons. The van der Waals surface area contributed by atoms with E-state index in [2.05, 4.69) is 0 Å². The third-order valence-electron chi connectivity index (χ3n) is 1.94. The van der Waals surface area contributed by atoms with Gasteiger partial charge in [0.15, 0.2) is 0 Å². The van der Waals surface area contributed by atoms with E-state index in [9.17, 15) is 18.0 Å². The van der Waals surface area contributed by atoms with Crippen molar-refractivity contribution in [2.45, 2.75) is 19.6 Å². The van der Waals surface area contributed by atoms with Crippen molar-refractivity contribution in [1.82, 2.24) is 5.32 Å². The molecule has 0 heterocycles. The summed E-state index contributed by atoms with van der Waals surface area (Å²) < 4.78 is 40.8. The summed E-state index contributed by atoms with van der Waals surface area (Å²) in [7, 11) is 0. The Labute approximate surface area is 96.6 Å². The molecular formula is C11H12F3NO2. The molecule has 0 atom stereocenters. The van der Waals surface area contributed by atoms with E-state index in [1.807, 2.05) is 6.92 Å². The van der Waals surface area contributed by atoms with E-state index in [1.165, 1.54) is 0 Å². The van der Waals surface area contributed by atoms with Gasteiger partial charge in [-0.3, -0.25) is 4.79 Å². The SMILES string of the molecule is CCOc1ccc(CNC(=O)C(F)(F)F)cc1. The first-order chi connectivity index (χ1) is 7.93. The summed E-state index contributed by atoms with van der Waals surface area (Å²) in [6.07, 6.45) is -4.84. The van der Waals surface area contributed by atoms with Crippen molar-refractivity contribution in [1.29, 1.82) is 0 Å². The second-order valence-corrected chi connectivity index (χ2v) is 3.26. The number of halogens is 3. The van der Waals surface area contributed by atoms with Gasteiger partial charge in [-0.25, -0.2) is 0 Å². The summed E-state index contributed by atoms with van der Waals surface area (Å²) >= 11 is 0. The van der Waals surface area contributed by atoms with Crippen molar-refractivity contribution < 1.29 is 22.7 Å². The quantitative estimate of drug-likeness (QED) is 0.886. The van der Waals surface area contributed by atoms with Gasteiger partial charge in [0.25, 0.3) is 0 Å². The first-order valence-electron chi connectivity index (χ1n) is 5.00. The van der Waals surface area contributed by atoms with E-state index < -0.39 is 12.1 Å². The molecule has 0 radical (unpaired) electrons. The zero-order chi connectivity index (χ0) is 12.9. The van der Waals surface area contributed by atoms with Crippen LogP contribution in [0.3, 0.4) is 0 Å². The van der Waals surface area contributed by atoms with Crippen LogP contribution in [0.5, 0.6) is 5.75 Å². The van der Waals surface area contributed by atoms with Gasteiger partial charge < -0.3 is 10.1 Å². The highest BCUT2D eigenvalue weighted by Crippen LogP contribution is 2.15. The zero-order valence-electron chi connectivity index (χ0n) is 9.17. The molecular weight excluding hydrogens is 235 g/mol. The molecule has 1 rings (SSSR count). The van der Waals surface area contributed by atoms with Crippen LogP contribution in [0.1, 0.15) is 12.5 Å². The van der Waals surface area contributed by atoms with E-state index >= 15 is 0 Å². The summed E-state index contributed by atoms with van der Waals surface area (Å²) in [5.41, 5.74) is 0.575. The minimum Gasteiger partial charge on any atom is -0.494 e. The maximum absolute atomic E-state index is 11.9. The van der Waals surface area contributed by atoms with Crippen molar-refractivity contribution >= 4 is 5.91 Å². The molecule has 17 heavy (non-hydrogen) atoms. The van der Waals surface area contributed by atoms with Crippen LogP contribution >= 0.6 is 0 Å². The molecule has 0 saturated carbocycles. The van der Waals surface area contributed by atoms with E-state index in [0.717, 1.165) is 0 Å².